The van der Waals surface area contributed by atoms with E-state index in [1.54, 1.807) is 7.11 Å². The molecule has 0 aromatic carbocycles. The lowest BCUT2D eigenvalue weighted by Crippen LogP contribution is -2.46. The lowest BCUT2D eigenvalue weighted by molar-refractivity contribution is -0.0477. The van der Waals surface area contributed by atoms with Gasteiger partial charge in [0.05, 0.1) is 32.0 Å². The minimum absolute atomic E-state index is 0.000329. The van der Waals surface area contributed by atoms with Gasteiger partial charge in [-0.25, -0.2) is 0 Å². The summed E-state index contributed by atoms with van der Waals surface area (Å²) in [6.45, 7) is 4.48. The molecule has 0 bridgehead atoms. The Balaban J connectivity index is 2.23. The van der Waals surface area contributed by atoms with Gasteiger partial charge in [0.2, 0.25) is 0 Å². The van der Waals surface area contributed by atoms with E-state index in [2.05, 4.69) is 4.90 Å². The molecule has 1 aliphatic heterocycles. The molecule has 18 heavy (non-hydrogen) atoms. The Morgan fingerprint density at radius 1 is 1.33 bits per heavy atom. The monoisotopic (exact) mass is 261 g/mol. The van der Waals surface area contributed by atoms with Crippen LogP contribution in [0.15, 0.2) is 0 Å². The van der Waals surface area contributed by atoms with Crippen molar-refractivity contribution in [3.8, 4) is 0 Å². The Bertz CT molecular complexity index is 215. The molecule has 3 atom stereocenters. The van der Waals surface area contributed by atoms with Crippen molar-refractivity contribution in [2.75, 3.05) is 40.0 Å². The third kappa shape index (κ3) is 5.63. The van der Waals surface area contributed by atoms with Gasteiger partial charge in [-0.15, -0.1) is 0 Å². The first-order chi connectivity index (χ1) is 8.67. The molecule has 1 fully saturated rings. The maximum Gasteiger partial charge on any atom is 0.0900 e. The van der Waals surface area contributed by atoms with Crippen LogP contribution in [0.1, 0.15) is 26.2 Å². The number of piperidine rings is 1. The summed E-state index contributed by atoms with van der Waals surface area (Å²) in [4.78, 5) is 2.17. The van der Waals surface area contributed by atoms with Crippen LogP contribution in [0.3, 0.4) is 0 Å². The van der Waals surface area contributed by atoms with Crippen LogP contribution in [0.2, 0.25) is 0 Å². The maximum absolute atomic E-state index is 9.94. The molecule has 1 aliphatic rings. The summed E-state index contributed by atoms with van der Waals surface area (Å²) in [6.07, 6.45) is 2.82. The fourth-order valence-electron chi connectivity index (χ4n) is 2.39. The number of β-amino-alcohol motifs (C(OH)–C–C–N with tert-alkyl or cyclic N) is 1. The second-order valence-corrected chi connectivity index (χ2v) is 5.08. The van der Waals surface area contributed by atoms with E-state index in [4.69, 9.17) is 9.47 Å². The molecule has 0 aromatic heterocycles. The van der Waals surface area contributed by atoms with Crippen molar-refractivity contribution in [3.05, 3.63) is 0 Å². The fourth-order valence-corrected chi connectivity index (χ4v) is 2.39. The summed E-state index contributed by atoms with van der Waals surface area (Å²) >= 11 is 0. The summed E-state index contributed by atoms with van der Waals surface area (Å²) < 4.78 is 10.5. The van der Waals surface area contributed by atoms with E-state index in [9.17, 15) is 10.2 Å². The van der Waals surface area contributed by atoms with Crippen molar-refractivity contribution in [2.24, 2.45) is 0 Å². The zero-order chi connectivity index (χ0) is 13.4. The minimum atomic E-state index is -0.503. The Kier molecular flexibility index (Phi) is 7.77. The quantitative estimate of drug-likeness (QED) is 0.655. The van der Waals surface area contributed by atoms with Crippen LogP contribution in [-0.2, 0) is 9.47 Å². The van der Waals surface area contributed by atoms with Gasteiger partial charge >= 0.3 is 0 Å². The summed E-state index contributed by atoms with van der Waals surface area (Å²) in [5.74, 6) is 0. The van der Waals surface area contributed by atoms with E-state index >= 15 is 0 Å². The second kappa shape index (κ2) is 8.82. The van der Waals surface area contributed by atoms with Gasteiger partial charge < -0.3 is 19.7 Å². The van der Waals surface area contributed by atoms with Gasteiger partial charge in [0.1, 0.15) is 0 Å². The van der Waals surface area contributed by atoms with E-state index < -0.39 is 6.10 Å². The molecular formula is C13H27NO4. The van der Waals surface area contributed by atoms with E-state index in [0.717, 1.165) is 19.4 Å². The molecule has 0 saturated carbocycles. The van der Waals surface area contributed by atoms with Crippen molar-refractivity contribution in [1.29, 1.82) is 0 Å². The van der Waals surface area contributed by atoms with E-state index in [1.165, 1.54) is 6.42 Å². The molecule has 3 unspecified atom stereocenters. The highest BCUT2D eigenvalue weighted by atomic mass is 16.5. The zero-order valence-electron chi connectivity index (χ0n) is 11.5. The Hall–Kier alpha value is -0.200. The van der Waals surface area contributed by atoms with Crippen LogP contribution in [0.25, 0.3) is 0 Å². The molecule has 2 N–H and O–H groups in total. The lowest BCUT2D eigenvalue weighted by atomic mass is 10.0. The first-order valence-electron chi connectivity index (χ1n) is 6.80. The first-order valence-corrected chi connectivity index (χ1v) is 6.80. The normalized spacial score (nSPS) is 25.0. The van der Waals surface area contributed by atoms with Gasteiger partial charge in [-0.2, -0.15) is 0 Å². The van der Waals surface area contributed by atoms with Gasteiger partial charge in [-0.3, -0.25) is 4.90 Å². The van der Waals surface area contributed by atoms with Crippen LogP contribution in [0.5, 0.6) is 0 Å². The lowest BCUT2D eigenvalue weighted by Gasteiger charge is -2.35. The number of aliphatic hydroxyl groups is 2. The van der Waals surface area contributed by atoms with Crippen LogP contribution >= 0.6 is 0 Å². The molecule has 0 aliphatic carbocycles. The molecule has 0 amide bonds. The SMILES string of the molecule is COCC(C)OCC(O)CN1CCCCC1CO. The molecule has 0 aromatic rings. The van der Waals surface area contributed by atoms with Crippen molar-refractivity contribution in [2.45, 2.75) is 44.4 Å². The average Bonchev–Trinajstić information content (AvgIpc) is 2.37. The largest absolute Gasteiger partial charge is 0.395 e. The number of rotatable bonds is 8. The number of methoxy groups -OCH3 is 1. The molecule has 1 saturated heterocycles. The van der Waals surface area contributed by atoms with E-state index in [-0.39, 0.29) is 18.8 Å². The second-order valence-electron chi connectivity index (χ2n) is 5.08. The third-order valence-electron chi connectivity index (χ3n) is 3.38. The predicted octanol–water partition coefficient (Wildman–Crippen LogP) is 0.246. The van der Waals surface area contributed by atoms with Gasteiger partial charge in [0, 0.05) is 19.7 Å². The average molecular weight is 261 g/mol. The van der Waals surface area contributed by atoms with Crippen molar-refractivity contribution >= 4 is 0 Å². The molecule has 1 rings (SSSR count). The van der Waals surface area contributed by atoms with E-state index in [0.29, 0.717) is 19.8 Å². The van der Waals surface area contributed by atoms with Gasteiger partial charge in [-0.05, 0) is 26.3 Å². The van der Waals surface area contributed by atoms with Crippen molar-refractivity contribution < 1.29 is 19.7 Å². The Labute approximate surface area is 110 Å². The molecule has 5 nitrogen and oxygen atoms in total. The third-order valence-corrected chi connectivity index (χ3v) is 3.38. The summed E-state index contributed by atoms with van der Waals surface area (Å²) in [5.41, 5.74) is 0. The Morgan fingerprint density at radius 3 is 2.78 bits per heavy atom. The Morgan fingerprint density at radius 2 is 2.11 bits per heavy atom. The van der Waals surface area contributed by atoms with Crippen LogP contribution in [0, 0.1) is 0 Å². The summed E-state index contributed by atoms with van der Waals surface area (Å²) in [5, 5.41) is 19.2. The fraction of sp³-hybridized carbons (Fsp3) is 1.00. The molecular weight excluding hydrogens is 234 g/mol. The highest BCUT2D eigenvalue weighted by molar-refractivity contribution is 4.78. The first kappa shape index (κ1) is 15.9. The van der Waals surface area contributed by atoms with Crippen LogP contribution in [0.4, 0.5) is 0 Å². The number of aliphatic hydroxyl groups excluding tert-OH is 2. The molecule has 1 heterocycles. The zero-order valence-corrected chi connectivity index (χ0v) is 11.5. The molecule has 108 valence electrons. The van der Waals surface area contributed by atoms with E-state index in [1.807, 2.05) is 6.92 Å². The summed E-state index contributed by atoms with van der Waals surface area (Å²) in [6, 6.07) is 0.199. The molecule has 0 radical (unpaired) electrons. The van der Waals surface area contributed by atoms with Gasteiger partial charge in [0.15, 0.2) is 0 Å². The van der Waals surface area contributed by atoms with Crippen molar-refractivity contribution in [1.82, 2.24) is 4.90 Å². The maximum atomic E-state index is 9.94. The summed E-state index contributed by atoms with van der Waals surface area (Å²) in [7, 11) is 1.63. The molecule has 5 heteroatoms. The smallest absolute Gasteiger partial charge is 0.0900 e. The number of hydrogen-bond donors (Lipinski definition) is 2. The highest BCUT2D eigenvalue weighted by Gasteiger charge is 2.23. The van der Waals surface area contributed by atoms with Crippen LogP contribution < -0.4 is 0 Å². The highest BCUT2D eigenvalue weighted by Crippen LogP contribution is 2.16. The molecule has 0 spiro atoms. The number of hydrogen-bond acceptors (Lipinski definition) is 5. The number of likely N-dealkylation sites (tertiary alicyclic amines) is 1. The minimum Gasteiger partial charge on any atom is -0.395 e. The topological polar surface area (TPSA) is 62.2 Å². The van der Waals surface area contributed by atoms with Crippen LogP contribution in [-0.4, -0.2) is 73.4 Å². The number of nitrogens with zero attached hydrogens (tertiary/aromatic N) is 1. The van der Waals surface area contributed by atoms with Crippen molar-refractivity contribution in [3.63, 3.8) is 0 Å². The predicted molar refractivity (Wildman–Crippen MR) is 69.6 cm³/mol. The standard InChI is InChI=1S/C13H27NO4/c1-11(9-17-2)18-10-13(16)7-14-6-4-3-5-12(14)8-15/h11-13,15-16H,3-10H2,1-2H3. The van der Waals surface area contributed by atoms with Gasteiger partial charge in [-0.1, -0.05) is 6.42 Å². The van der Waals surface area contributed by atoms with Gasteiger partial charge in [0.25, 0.3) is 0 Å². The number of ether oxygens (including phenoxy) is 2.